The number of aliphatic hydroxyl groups excluding tert-OH is 3. The van der Waals surface area contributed by atoms with Crippen LogP contribution in [-0.2, 0) is 14.2 Å². The zero-order chi connectivity index (χ0) is 107. The van der Waals surface area contributed by atoms with Crippen LogP contribution < -0.4 is 28.4 Å². The quantitative estimate of drug-likeness (QED) is 0.0139. The Balaban J connectivity index is 1.40. The van der Waals surface area contributed by atoms with Gasteiger partial charge in [0, 0.05) is 16.7 Å². The van der Waals surface area contributed by atoms with Crippen LogP contribution in [-0.4, -0.2) is 125 Å². The summed E-state index contributed by atoms with van der Waals surface area (Å²) in [4.78, 5) is 104. The Morgan fingerprint density at radius 2 is 0.313 bits per heavy atom. The zero-order valence-corrected chi connectivity index (χ0v) is 94.7. The molecule has 6 atom stereocenters. The minimum Gasteiger partial charge on any atom is -0.494 e. The molecule has 6 aromatic rings. The smallest absolute Gasteiger partial charge is 0.339 e. The molecule has 6 aromatic carbocycles. The van der Waals surface area contributed by atoms with Crippen molar-refractivity contribution in [2.45, 2.75) is 539 Å². The van der Waals surface area contributed by atoms with Crippen LogP contribution in [0.15, 0.2) is 146 Å². The standard InChI is InChI=1S/C132H204O18/c1-7-13-19-25-31-37-43-49-55-61-67-73-103-142-115-91-79-109(80-92-115)122(134)130(148-127(139)112-85-97-118(98-86-112)145-106-76-70-64-58-52-46-40-34-28-22-16-10-4)125(137)121(133)126(138)131(123(135)110-81-93-116(94-82-110)143-104-74-68-62-56-50-44-38-32-26-20-14-8-2,149-128(140)113-87-99-119(100-88-113)146-107-77-71-65-59-53-47-41-35-29-23-17-11-5)132(130,124(136)111-83-95-117(96-84-111)144-105-75-69-63-57-51-45-39-33-27-21-15-9-3)150-129(141)114-89-101-120(102-90-114)147-108-78-72-66-60-54-48-42-36-30-24-18-12-6/h79-102,121,125-126,133,137-138H,7-78,103-108H2,1-6H3/t121-,125-,126+,130+,131-,132-. The molecule has 840 valence electrons. The predicted octanol–water partition coefficient (Wildman–Crippen LogP) is 36.0. The van der Waals surface area contributed by atoms with E-state index in [1.165, 1.54) is 435 Å². The van der Waals surface area contributed by atoms with Crippen molar-refractivity contribution < 1.29 is 86.7 Å². The third kappa shape index (κ3) is 47.8. The van der Waals surface area contributed by atoms with Crippen molar-refractivity contribution >= 4 is 35.3 Å². The number of esters is 3. The van der Waals surface area contributed by atoms with Gasteiger partial charge in [-0.15, -0.1) is 0 Å². The summed E-state index contributed by atoms with van der Waals surface area (Å²) in [5.41, 5.74) is -14.7. The van der Waals surface area contributed by atoms with E-state index in [9.17, 15) is 15.3 Å². The Morgan fingerprint density at radius 3 is 0.473 bits per heavy atom. The van der Waals surface area contributed by atoms with E-state index in [0.717, 1.165) is 167 Å². The molecule has 1 aliphatic rings. The number of ether oxygens (including phenoxy) is 9. The molecule has 0 heterocycles. The maximum atomic E-state index is 18.3. The molecular weight excluding hydrogens is 1870 g/mol. The zero-order valence-electron chi connectivity index (χ0n) is 94.7. The normalized spacial score (nSPS) is 16.4. The van der Waals surface area contributed by atoms with Crippen LogP contribution in [0.4, 0.5) is 0 Å². The summed E-state index contributed by atoms with van der Waals surface area (Å²) in [6.45, 7) is 15.4. The monoisotopic (exact) mass is 2080 g/mol. The molecule has 1 fully saturated rings. The molecular formula is C132H204O18. The number of carbonyl (C=O) groups excluding carboxylic acids is 6. The number of carbonyl (C=O) groups is 6. The molecule has 0 bridgehead atoms. The Kier molecular flexibility index (Phi) is 69.4. The van der Waals surface area contributed by atoms with Crippen LogP contribution in [0.1, 0.15) is 566 Å². The second-order valence-corrected chi connectivity index (χ2v) is 43.3. The molecule has 0 amide bonds. The largest absolute Gasteiger partial charge is 0.494 e. The van der Waals surface area contributed by atoms with Gasteiger partial charge in [0.2, 0.25) is 17.3 Å². The fraction of sp³-hybridized carbons (Fsp3) is 0.682. The summed E-state index contributed by atoms with van der Waals surface area (Å²) < 4.78 is 59.3. The first-order valence-corrected chi connectivity index (χ1v) is 61.3. The van der Waals surface area contributed by atoms with Gasteiger partial charge in [-0.05, 0) is 184 Å². The predicted molar refractivity (Wildman–Crippen MR) is 614 cm³/mol. The Bertz CT molecular complexity index is 4220. The molecule has 3 N–H and O–H groups in total. The van der Waals surface area contributed by atoms with Crippen molar-refractivity contribution in [3.8, 4) is 34.5 Å². The number of rotatable bonds is 96. The van der Waals surface area contributed by atoms with Crippen LogP contribution in [0, 0.1) is 0 Å². The van der Waals surface area contributed by atoms with Crippen molar-refractivity contribution in [2.24, 2.45) is 0 Å². The van der Waals surface area contributed by atoms with E-state index in [-0.39, 0.29) is 22.4 Å². The first kappa shape index (κ1) is 128. The molecule has 1 aliphatic carbocycles. The molecule has 18 heteroatoms. The molecule has 0 radical (unpaired) electrons. The maximum Gasteiger partial charge on any atom is 0.339 e. The van der Waals surface area contributed by atoms with Gasteiger partial charge in [-0.2, -0.15) is 0 Å². The molecule has 7 rings (SSSR count). The second-order valence-electron chi connectivity index (χ2n) is 43.3. The number of ketones is 3. The van der Waals surface area contributed by atoms with E-state index >= 15 is 28.8 Å². The Labute approximate surface area is 908 Å². The van der Waals surface area contributed by atoms with Crippen LogP contribution >= 0.6 is 0 Å². The third-order valence-electron chi connectivity index (χ3n) is 30.5. The van der Waals surface area contributed by atoms with Crippen LogP contribution in [0.2, 0.25) is 0 Å². The Morgan fingerprint density at radius 1 is 0.180 bits per heavy atom. The average Bonchev–Trinajstić information content (AvgIpc) is 0.655. The van der Waals surface area contributed by atoms with Gasteiger partial charge < -0.3 is 58.0 Å². The van der Waals surface area contributed by atoms with E-state index in [0.29, 0.717) is 74.8 Å². The summed E-state index contributed by atoms with van der Waals surface area (Å²) in [5.74, 6) is -7.14. The number of Topliss-reactive ketones (excluding diaryl/α,β-unsaturated/α-hetero) is 3. The van der Waals surface area contributed by atoms with Crippen molar-refractivity contribution in [1.29, 1.82) is 0 Å². The lowest BCUT2D eigenvalue weighted by Gasteiger charge is -2.60. The van der Waals surface area contributed by atoms with Gasteiger partial charge in [0.1, 0.15) is 52.8 Å². The van der Waals surface area contributed by atoms with Crippen molar-refractivity contribution in [1.82, 2.24) is 0 Å². The number of aliphatic hydroxyl groups is 3. The highest BCUT2D eigenvalue weighted by Crippen LogP contribution is 2.57. The summed E-state index contributed by atoms with van der Waals surface area (Å²) in [6.07, 6.45) is 73.4. The minimum atomic E-state index is -4.22. The number of unbranched alkanes of at least 4 members (excludes halogenated alkanes) is 66. The summed E-state index contributed by atoms with van der Waals surface area (Å²) in [5, 5.41) is 42.0. The first-order chi connectivity index (χ1) is 73.6. The van der Waals surface area contributed by atoms with Gasteiger partial charge in [-0.25, -0.2) is 14.4 Å². The van der Waals surface area contributed by atoms with Gasteiger partial charge in [0.25, 0.3) is 16.8 Å². The molecule has 0 aromatic heterocycles. The van der Waals surface area contributed by atoms with Gasteiger partial charge in [-0.1, -0.05) is 465 Å². The highest BCUT2D eigenvalue weighted by Gasteiger charge is 2.88. The molecule has 0 aliphatic heterocycles. The molecule has 0 unspecified atom stereocenters. The Hall–Kier alpha value is -8.58. The summed E-state index contributed by atoms with van der Waals surface area (Å²) >= 11 is 0. The van der Waals surface area contributed by atoms with Gasteiger partial charge in [0.05, 0.1) is 56.3 Å². The fourth-order valence-electron chi connectivity index (χ4n) is 21.0. The number of benzene rings is 6. The molecule has 0 saturated heterocycles. The number of hydrogen-bond donors (Lipinski definition) is 3. The van der Waals surface area contributed by atoms with E-state index in [2.05, 4.69) is 41.5 Å². The lowest BCUT2D eigenvalue weighted by atomic mass is 9.52. The highest BCUT2D eigenvalue weighted by atomic mass is 16.7. The average molecular weight is 2080 g/mol. The molecule has 1 saturated carbocycles. The van der Waals surface area contributed by atoms with Gasteiger partial charge in [-0.3, -0.25) is 14.4 Å². The van der Waals surface area contributed by atoms with E-state index in [1.807, 2.05) is 0 Å². The van der Waals surface area contributed by atoms with Crippen LogP contribution in [0.25, 0.3) is 0 Å². The molecule has 0 spiro atoms. The summed E-state index contributed by atoms with van der Waals surface area (Å²) in [7, 11) is 0. The van der Waals surface area contributed by atoms with Crippen molar-refractivity contribution in [3.05, 3.63) is 179 Å². The fourth-order valence-corrected chi connectivity index (χ4v) is 21.0. The van der Waals surface area contributed by atoms with E-state index in [1.54, 1.807) is 0 Å². The van der Waals surface area contributed by atoms with E-state index in [4.69, 9.17) is 42.6 Å². The topological polar surface area (TPSA) is 246 Å². The SMILES string of the molecule is CCCCCCCCCCCCCCOc1ccc(C(=O)O[C@@]2(C(=O)c3ccc(OCCCCCCCCCCCCCC)cc3)[C@@](OC(=O)c3ccc(OCCCCCCCCCCCCCC)cc3)(C(=O)c3ccc(OCCCCCCCCCCCCCC)cc3)[C@@H](O)[C@H](O)[C@@H](O)[C@@]2(OC(=O)c2ccc(OCCCCCCCCCCCCCC)cc2)C(=O)c2ccc(OCCCCCCCCCCCCCC)cc2)cc1. The molecule has 18 nitrogen and oxygen atoms in total. The third-order valence-corrected chi connectivity index (χ3v) is 30.5. The highest BCUT2D eigenvalue weighted by molar-refractivity contribution is 6.21. The second kappa shape index (κ2) is 81.1. The minimum absolute atomic E-state index is 0.286. The van der Waals surface area contributed by atoms with Gasteiger partial charge in [0.15, 0.2) is 0 Å². The van der Waals surface area contributed by atoms with Crippen molar-refractivity contribution in [2.75, 3.05) is 39.6 Å². The van der Waals surface area contributed by atoms with E-state index < -0.39 is 87.1 Å². The van der Waals surface area contributed by atoms with Crippen LogP contribution in [0.5, 0.6) is 34.5 Å². The van der Waals surface area contributed by atoms with Crippen LogP contribution in [0.3, 0.4) is 0 Å². The van der Waals surface area contributed by atoms with Crippen molar-refractivity contribution in [3.63, 3.8) is 0 Å². The lowest BCUT2D eigenvalue weighted by molar-refractivity contribution is -0.293. The number of hydrogen-bond acceptors (Lipinski definition) is 18. The molecule has 150 heavy (non-hydrogen) atoms. The summed E-state index contributed by atoms with van der Waals surface area (Å²) in [6, 6.07) is 34.0. The van der Waals surface area contributed by atoms with Gasteiger partial charge >= 0.3 is 17.9 Å². The first-order valence-electron chi connectivity index (χ1n) is 61.3. The lowest BCUT2D eigenvalue weighted by Crippen LogP contribution is -2.91. The maximum absolute atomic E-state index is 18.3.